The molecule has 0 heterocycles. The lowest BCUT2D eigenvalue weighted by molar-refractivity contribution is -0.116. The Bertz CT molecular complexity index is 1010. The first kappa shape index (κ1) is 20.9. The van der Waals surface area contributed by atoms with Gasteiger partial charge in [-0.1, -0.05) is 36.4 Å². The fourth-order valence-corrected chi connectivity index (χ4v) is 3.29. The molecular weight excluding hydrogens is 378 g/mol. The molecule has 0 radical (unpaired) electrons. The number of hydrogen-bond acceptors (Lipinski definition) is 3. The second kappa shape index (κ2) is 9.60. The third kappa shape index (κ3) is 6.10. The van der Waals surface area contributed by atoms with Crippen LogP contribution in [0.15, 0.2) is 72.8 Å². The molecule has 154 valence electrons. The molecule has 0 aliphatic carbocycles. The third-order valence-electron chi connectivity index (χ3n) is 4.45. The summed E-state index contributed by atoms with van der Waals surface area (Å²) in [5, 5.41) is 5.54. The van der Waals surface area contributed by atoms with E-state index in [2.05, 4.69) is 10.6 Å². The second-order valence-corrected chi connectivity index (χ2v) is 7.18. The molecule has 4 N–H and O–H groups in total. The number of aryl methyl sites for hydroxylation is 2. The summed E-state index contributed by atoms with van der Waals surface area (Å²) < 4.78 is 5.86. The van der Waals surface area contributed by atoms with Crippen molar-refractivity contribution in [2.24, 2.45) is 5.73 Å². The quantitative estimate of drug-likeness (QED) is 0.527. The van der Waals surface area contributed by atoms with E-state index in [9.17, 15) is 9.59 Å². The van der Waals surface area contributed by atoms with Gasteiger partial charge in [0.05, 0.1) is 12.5 Å². The van der Waals surface area contributed by atoms with Gasteiger partial charge in [-0.25, -0.2) is 4.79 Å². The second-order valence-electron chi connectivity index (χ2n) is 7.18. The Hall–Kier alpha value is -3.80. The molecule has 1 unspecified atom stereocenters. The van der Waals surface area contributed by atoms with Gasteiger partial charge in [-0.05, 0) is 66.9 Å². The van der Waals surface area contributed by atoms with Crippen molar-refractivity contribution in [3.63, 3.8) is 0 Å². The fourth-order valence-electron chi connectivity index (χ4n) is 3.29. The number of para-hydroxylation sites is 1. The molecular formula is C24H25N3O3. The van der Waals surface area contributed by atoms with E-state index in [4.69, 9.17) is 10.5 Å². The molecule has 3 aromatic carbocycles. The number of rotatable bonds is 7. The summed E-state index contributed by atoms with van der Waals surface area (Å²) in [6.07, 6.45) is 0.0325. The van der Waals surface area contributed by atoms with Crippen LogP contribution in [-0.4, -0.2) is 11.9 Å². The summed E-state index contributed by atoms with van der Waals surface area (Å²) in [5.74, 6) is 1.07. The van der Waals surface area contributed by atoms with Crippen molar-refractivity contribution < 1.29 is 14.3 Å². The van der Waals surface area contributed by atoms with Gasteiger partial charge in [-0.2, -0.15) is 0 Å². The molecule has 6 nitrogen and oxygen atoms in total. The Morgan fingerprint density at radius 2 is 1.57 bits per heavy atom. The number of anilines is 1. The van der Waals surface area contributed by atoms with E-state index in [0.717, 1.165) is 22.4 Å². The monoisotopic (exact) mass is 403 g/mol. The Morgan fingerprint density at radius 3 is 2.23 bits per heavy atom. The molecule has 0 bridgehead atoms. The fraction of sp³-hybridized carbons (Fsp3) is 0.167. The van der Waals surface area contributed by atoms with Crippen molar-refractivity contribution in [2.45, 2.75) is 26.3 Å². The topological polar surface area (TPSA) is 93.5 Å². The van der Waals surface area contributed by atoms with Gasteiger partial charge >= 0.3 is 6.03 Å². The van der Waals surface area contributed by atoms with E-state index in [1.807, 2.05) is 80.6 Å². The van der Waals surface area contributed by atoms with Gasteiger partial charge in [-0.3, -0.25) is 4.79 Å². The largest absolute Gasteiger partial charge is 0.457 e. The van der Waals surface area contributed by atoms with E-state index in [-0.39, 0.29) is 12.3 Å². The molecule has 3 amide bonds. The van der Waals surface area contributed by atoms with Crippen molar-refractivity contribution in [2.75, 3.05) is 5.32 Å². The molecule has 0 saturated heterocycles. The lowest BCUT2D eigenvalue weighted by Crippen LogP contribution is -2.35. The minimum absolute atomic E-state index is 0.0325. The standard InChI is InChI=1S/C24H25N3O3/c1-16-11-17(2)13-19(12-16)26-23(28)15-22(27-24(25)29)18-7-6-10-21(14-18)30-20-8-4-3-5-9-20/h3-14,22H,15H2,1-2H3,(H,26,28)(H3,25,27,29). The van der Waals surface area contributed by atoms with Crippen LogP contribution in [0, 0.1) is 13.8 Å². The Labute approximate surface area is 176 Å². The zero-order chi connectivity index (χ0) is 21.5. The number of nitrogens with two attached hydrogens (primary N) is 1. The van der Waals surface area contributed by atoms with Crippen LogP contribution in [-0.2, 0) is 4.79 Å². The average molecular weight is 403 g/mol. The molecule has 1 atom stereocenters. The van der Waals surface area contributed by atoms with Crippen molar-refractivity contribution in [3.8, 4) is 11.5 Å². The highest BCUT2D eigenvalue weighted by molar-refractivity contribution is 5.91. The molecule has 0 aliphatic rings. The molecule has 0 saturated carbocycles. The molecule has 30 heavy (non-hydrogen) atoms. The maximum atomic E-state index is 12.6. The Morgan fingerprint density at radius 1 is 0.900 bits per heavy atom. The van der Waals surface area contributed by atoms with Gasteiger partial charge in [0.1, 0.15) is 11.5 Å². The molecule has 0 aromatic heterocycles. The van der Waals surface area contributed by atoms with Crippen molar-refractivity contribution in [1.29, 1.82) is 0 Å². The molecule has 0 aliphatic heterocycles. The Balaban J connectivity index is 1.76. The highest BCUT2D eigenvalue weighted by Gasteiger charge is 2.18. The summed E-state index contributed by atoms with van der Waals surface area (Å²) in [6, 6.07) is 21.1. The summed E-state index contributed by atoms with van der Waals surface area (Å²) >= 11 is 0. The highest BCUT2D eigenvalue weighted by atomic mass is 16.5. The first-order valence-electron chi connectivity index (χ1n) is 9.66. The van der Waals surface area contributed by atoms with Crippen LogP contribution in [0.5, 0.6) is 11.5 Å². The number of benzene rings is 3. The number of amides is 3. The SMILES string of the molecule is Cc1cc(C)cc(NC(=O)CC(NC(N)=O)c2cccc(Oc3ccccc3)c2)c1. The molecule has 0 spiro atoms. The minimum atomic E-state index is -0.700. The van der Waals surface area contributed by atoms with E-state index in [1.165, 1.54) is 0 Å². The van der Waals surface area contributed by atoms with Gasteiger partial charge < -0.3 is 21.1 Å². The number of primary amides is 1. The lowest BCUT2D eigenvalue weighted by atomic mass is 10.0. The van der Waals surface area contributed by atoms with Crippen molar-refractivity contribution >= 4 is 17.6 Å². The highest BCUT2D eigenvalue weighted by Crippen LogP contribution is 2.26. The lowest BCUT2D eigenvalue weighted by Gasteiger charge is -2.19. The number of carbonyl (C=O) groups is 2. The molecule has 0 fully saturated rings. The van der Waals surface area contributed by atoms with E-state index < -0.39 is 12.1 Å². The smallest absolute Gasteiger partial charge is 0.312 e. The van der Waals surface area contributed by atoms with Gasteiger partial charge in [-0.15, -0.1) is 0 Å². The zero-order valence-corrected chi connectivity index (χ0v) is 17.0. The Kier molecular flexibility index (Phi) is 6.70. The molecule has 3 rings (SSSR count). The maximum absolute atomic E-state index is 12.6. The van der Waals surface area contributed by atoms with Crippen LogP contribution in [0.4, 0.5) is 10.5 Å². The van der Waals surface area contributed by atoms with Crippen molar-refractivity contribution in [3.05, 3.63) is 89.5 Å². The van der Waals surface area contributed by atoms with Gasteiger partial charge in [0.15, 0.2) is 0 Å². The van der Waals surface area contributed by atoms with Gasteiger partial charge in [0.25, 0.3) is 0 Å². The summed E-state index contributed by atoms with van der Waals surface area (Å²) in [6.45, 7) is 3.94. The minimum Gasteiger partial charge on any atom is -0.457 e. The summed E-state index contributed by atoms with van der Waals surface area (Å²) in [5.41, 5.74) is 8.90. The normalized spacial score (nSPS) is 11.4. The molecule has 3 aromatic rings. The predicted molar refractivity (Wildman–Crippen MR) is 118 cm³/mol. The van der Waals surface area contributed by atoms with Gasteiger partial charge in [0, 0.05) is 5.69 Å². The summed E-state index contributed by atoms with van der Waals surface area (Å²) in [7, 11) is 0. The first-order valence-corrected chi connectivity index (χ1v) is 9.66. The van der Waals surface area contributed by atoms with Crippen LogP contribution in [0.25, 0.3) is 0 Å². The number of nitrogens with one attached hydrogen (secondary N) is 2. The predicted octanol–water partition coefficient (Wildman–Crippen LogP) is 4.83. The maximum Gasteiger partial charge on any atom is 0.312 e. The number of carbonyl (C=O) groups excluding carboxylic acids is 2. The van der Waals surface area contributed by atoms with Crippen LogP contribution >= 0.6 is 0 Å². The van der Waals surface area contributed by atoms with Crippen LogP contribution in [0.2, 0.25) is 0 Å². The number of urea groups is 1. The molecule has 6 heteroatoms. The van der Waals surface area contributed by atoms with Crippen LogP contribution in [0.3, 0.4) is 0 Å². The third-order valence-corrected chi connectivity index (χ3v) is 4.45. The number of hydrogen-bond donors (Lipinski definition) is 3. The van der Waals surface area contributed by atoms with Crippen LogP contribution in [0.1, 0.15) is 29.2 Å². The van der Waals surface area contributed by atoms with E-state index in [1.54, 1.807) is 6.07 Å². The van der Waals surface area contributed by atoms with Crippen molar-refractivity contribution in [1.82, 2.24) is 5.32 Å². The summed E-state index contributed by atoms with van der Waals surface area (Å²) in [4.78, 5) is 24.2. The zero-order valence-electron chi connectivity index (χ0n) is 17.0. The van der Waals surface area contributed by atoms with E-state index in [0.29, 0.717) is 11.5 Å². The number of ether oxygens (including phenoxy) is 1. The average Bonchev–Trinajstić information content (AvgIpc) is 2.67. The van der Waals surface area contributed by atoms with Gasteiger partial charge in [0.2, 0.25) is 5.91 Å². The van der Waals surface area contributed by atoms with E-state index >= 15 is 0 Å². The van der Waals surface area contributed by atoms with Crippen LogP contribution < -0.4 is 21.1 Å². The first-order chi connectivity index (χ1) is 14.4.